The first-order valence-corrected chi connectivity index (χ1v) is 6.44. The molecule has 6 heteroatoms. The molecule has 1 aromatic carbocycles. The van der Waals surface area contributed by atoms with Crippen molar-refractivity contribution < 1.29 is 9.47 Å². The molecule has 0 radical (unpaired) electrons. The van der Waals surface area contributed by atoms with Crippen molar-refractivity contribution in [1.82, 2.24) is 15.2 Å². The summed E-state index contributed by atoms with van der Waals surface area (Å²) in [6.07, 6.45) is 3.76. The average Bonchev–Trinajstić information content (AvgIpc) is 2.96. The molecule has 0 saturated carbocycles. The first kappa shape index (κ1) is 14.4. The van der Waals surface area contributed by atoms with Crippen LogP contribution in [0.1, 0.15) is 24.1 Å². The van der Waals surface area contributed by atoms with Crippen LogP contribution in [-0.4, -0.2) is 24.0 Å². The number of nitrogens with one attached hydrogen (secondary N) is 1. The number of para-hydroxylation sites is 1. The standard InChI is InChI=1S/C14H20N4O2/c1-4-18-9-10(8-16-18)13(17-15)11-6-5-7-12(19-2)14(11)20-3/h5-9,13,17H,4,15H2,1-3H3. The predicted molar refractivity (Wildman–Crippen MR) is 76.6 cm³/mol. The van der Waals surface area contributed by atoms with E-state index in [-0.39, 0.29) is 6.04 Å². The first-order valence-electron chi connectivity index (χ1n) is 6.44. The number of nitrogens with zero attached hydrogens (tertiary/aromatic N) is 2. The van der Waals surface area contributed by atoms with E-state index in [1.165, 1.54) is 0 Å². The van der Waals surface area contributed by atoms with Gasteiger partial charge in [0.25, 0.3) is 0 Å². The molecule has 1 atom stereocenters. The molecule has 0 aliphatic carbocycles. The summed E-state index contributed by atoms with van der Waals surface area (Å²) in [7, 11) is 3.23. The summed E-state index contributed by atoms with van der Waals surface area (Å²) in [5.74, 6) is 7.06. The highest BCUT2D eigenvalue weighted by atomic mass is 16.5. The van der Waals surface area contributed by atoms with Gasteiger partial charge in [-0.2, -0.15) is 5.10 Å². The van der Waals surface area contributed by atoms with Crippen molar-refractivity contribution in [2.24, 2.45) is 5.84 Å². The van der Waals surface area contributed by atoms with Gasteiger partial charge in [-0.05, 0) is 13.0 Å². The van der Waals surface area contributed by atoms with Crippen molar-refractivity contribution in [3.05, 3.63) is 41.7 Å². The van der Waals surface area contributed by atoms with Crippen LogP contribution in [-0.2, 0) is 6.54 Å². The third-order valence-corrected chi connectivity index (χ3v) is 3.22. The largest absolute Gasteiger partial charge is 0.493 e. The molecule has 0 bridgehead atoms. The molecule has 0 aliphatic rings. The molecular weight excluding hydrogens is 256 g/mol. The summed E-state index contributed by atoms with van der Waals surface area (Å²) in [5.41, 5.74) is 4.69. The summed E-state index contributed by atoms with van der Waals surface area (Å²) in [6, 6.07) is 5.51. The minimum Gasteiger partial charge on any atom is -0.493 e. The van der Waals surface area contributed by atoms with E-state index in [1.807, 2.05) is 36.0 Å². The van der Waals surface area contributed by atoms with Crippen LogP contribution in [0.4, 0.5) is 0 Å². The molecule has 2 rings (SSSR count). The molecule has 0 saturated heterocycles. The SMILES string of the molecule is CCn1cc(C(NN)c2cccc(OC)c2OC)cn1. The van der Waals surface area contributed by atoms with Gasteiger partial charge in [-0.3, -0.25) is 10.5 Å². The summed E-state index contributed by atoms with van der Waals surface area (Å²) in [5, 5.41) is 4.28. The zero-order chi connectivity index (χ0) is 14.5. The van der Waals surface area contributed by atoms with Crippen molar-refractivity contribution in [1.29, 1.82) is 0 Å². The molecule has 1 heterocycles. The molecule has 0 spiro atoms. The average molecular weight is 276 g/mol. The van der Waals surface area contributed by atoms with Gasteiger partial charge in [0.05, 0.1) is 26.5 Å². The summed E-state index contributed by atoms with van der Waals surface area (Å²) < 4.78 is 12.6. The Morgan fingerprint density at radius 2 is 2.15 bits per heavy atom. The number of aromatic nitrogens is 2. The molecule has 6 nitrogen and oxygen atoms in total. The molecule has 0 fully saturated rings. The Kier molecular flexibility index (Phi) is 4.60. The quantitative estimate of drug-likeness (QED) is 0.617. The number of aryl methyl sites for hydroxylation is 1. The second-order valence-electron chi connectivity index (χ2n) is 4.31. The molecule has 0 amide bonds. The zero-order valence-corrected chi connectivity index (χ0v) is 12.0. The normalized spacial score (nSPS) is 12.2. The van der Waals surface area contributed by atoms with E-state index in [0.29, 0.717) is 11.5 Å². The van der Waals surface area contributed by atoms with E-state index in [9.17, 15) is 0 Å². The molecular formula is C14H20N4O2. The smallest absolute Gasteiger partial charge is 0.165 e. The second-order valence-corrected chi connectivity index (χ2v) is 4.31. The Morgan fingerprint density at radius 1 is 1.35 bits per heavy atom. The number of hydrogen-bond acceptors (Lipinski definition) is 5. The number of hydrogen-bond donors (Lipinski definition) is 2. The number of benzene rings is 1. The van der Waals surface area contributed by atoms with Gasteiger partial charge < -0.3 is 9.47 Å². The molecule has 1 aromatic heterocycles. The van der Waals surface area contributed by atoms with Crippen LogP contribution in [0.5, 0.6) is 11.5 Å². The third-order valence-electron chi connectivity index (χ3n) is 3.22. The number of hydrazine groups is 1. The van der Waals surface area contributed by atoms with Crippen molar-refractivity contribution in [3.8, 4) is 11.5 Å². The number of methoxy groups -OCH3 is 2. The highest BCUT2D eigenvalue weighted by Gasteiger charge is 2.21. The number of ether oxygens (including phenoxy) is 2. The summed E-state index contributed by atoms with van der Waals surface area (Å²) in [6.45, 7) is 2.85. The molecule has 20 heavy (non-hydrogen) atoms. The van der Waals surface area contributed by atoms with E-state index >= 15 is 0 Å². The molecule has 2 aromatic rings. The van der Waals surface area contributed by atoms with Gasteiger partial charge in [-0.25, -0.2) is 5.43 Å². The highest BCUT2D eigenvalue weighted by Crippen LogP contribution is 2.36. The fourth-order valence-electron chi connectivity index (χ4n) is 2.21. The van der Waals surface area contributed by atoms with Gasteiger partial charge in [0.15, 0.2) is 11.5 Å². The Hall–Kier alpha value is -2.05. The lowest BCUT2D eigenvalue weighted by Gasteiger charge is -2.19. The van der Waals surface area contributed by atoms with E-state index in [0.717, 1.165) is 17.7 Å². The van der Waals surface area contributed by atoms with Gasteiger partial charge in [0.2, 0.25) is 0 Å². The van der Waals surface area contributed by atoms with Gasteiger partial charge in [-0.15, -0.1) is 0 Å². The van der Waals surface area contributed by atoms with Crippen molar-refractivity contribution in [3.63, 3.8) is 0 Å². The van der Waals surface area contributed by atoms with Gasteiger partial charge in [0, 0.05) is 23.9 Å². The van der Waals surface area contributed by atoms with E-state index in [2.05, 4.69) is 10.5 Å². The molecule has 108 valence electrons. The fraction of sp³-hybridized carbons (Fsp3) is 0.357. The lowest BCUT2D eigenvalue weighted by atomic mass is 10.0. The number of nitrogens with two attached hydrogens (primary N) is 1. The van der Waals surface area contributed by atoms with Gasteiger partial charge in [0.1, 0.15) is 0 Å². The van der Waals surface area contributed by atoms with Gasteiger partial charge in [-0.1, -0.05) is 12.1 Å². The number of rotatable bonds is 6. The monoisotopic (exact) mass is 276 g/mol. The van der Waals surface area contributed by atoms with E-state index in [4.69, 9.17) is 15.3 Å². The van der Waals surface area contributed by atoms with Gasteiger partial charge >= 0.3 is 0 Å². The minimum atomic E-state index is -0.208. The van der Waals surface area contributed by atoms with Crippen LogP contribution in [0.2, 0.25) is 0 Å². The zero-order valence-electron chi connectivity index (χ0n) is 12.0. The fourth-order valence-corrected chi connectivity index (χ4v) is 2.21. The topological polar surface area (TPSA) is 74.3 Å². The Bertz CT molecular complexity index is 568. The van der Waals surface area contributed by atoms with Crippen molar-refractivity contribution in [2.45, 2.75) is 19.5 Å². The van der Waals surface area contributed by atoms with Crippen molar-refractivity contribution in [2.75, 3.05) is 14.2 Å². The van der Waals surface area contributed by atoms with Crippen molar-refractivity contribution >= 4 is 0 Å². The molecule has 0 aliphatic heterocycles. The maximum Gasteiger partial charge on any atom is 0.165 e. The van der Waals surface area contributed by atoms with Crippen LogP contribution >= 0.6 is 0 Å². The summed E-state index contributed by atoms with van der Waals surface area (Å²) >= 11 is 0. The van der Waals surface area contributed by atoms with E-state index in [1.54, 1.807) is 20.4 Å². The van der Waals surface area contributed by atoms with Crippen LogP contribution in [0, 0.1) is 0 Å². The Labute approximate surface area is 118 Å². The molecule has 3 N–H and O–H groups in total. The minimum absolute atomic E-state index is 0.208. The third kappa shape index (κ3) is 2.61. The Balaban J connectivity index is 2.46. The maximum atomic E-state index is 5.72. The second kappa shape index (κ2) is 6.40. The van der Waals surface area contributed by atoms with Crippen LogP contribution < -0.4 is 20.7 Å². The van der Waals surface area contributed by atoms with Crippen LogP contribution in [0.25, 0.3) is 0 Å². The lowest BCUT2D eigenvalue weighted by molar-refractivity contribution is 0.349. The van der Waals surface area contributed by atoms with E-state index < -0.39 is 0 Å². The lowest BCUT2D eigenvalue weighted by Crippen LogP contribution is -2.29. The predicted octanol–water partition coefficient (Wildman–Crippen LogP) is 1.47. The Morgan fingerprint density at radius 3 is 2.70 bits per heavy atom. The first-order chi connectivity index (χ1) is 9.74. The molecule has 1 unspecified atom stereocenters. The van der Waals surface area contributed by atoms with Crippen LogP contribution in [0.3, 0.4) is 0 Å². The summed E-state index contributed by atoms with van der Waals surface area (Å²) in [4.78, 5) is 0. The van der Waals surface area contributed by atoms with Crippen LogP contribution in [0.15, 0.2) is 30.6 Å². The highest BCUT2D eigenvalue weighted by molar-refractivity contribution is 5.50. The maximum absolute atomic E-state index is 5.72.